The highest BCUT2D eigenvalue weighted by Crippen LogP contribution is 2.19. The molecule has 16 heavy (non-hydrogen) atoms. The third kappa shape index (κ3) is 2.68. The van der Waals surface area contributed by atoms with E-state index in [-0.39, 0.29) is 0 Å². The Morgan fingerprint density at radius 1 is 1.56 bits per heavy atom. The largest absolute Gasteiger partial charge is 0.339 e. The van der Waals surface area contributed by atoms with Crippen LogP contribution in [0.1, 0.15) is 19.2 Å². The topological polar surface area (TPSA) is 64.9 Å². The van der Waals surface area contributed by atoms with Crippen LogP contribution in [0.2, 0.25) is 0 Å². The maximum absolute atomic E-state index is 5.55. The van der Waals surface area contributed by atoms with E-state index in [1.807, 2.05) is 16.8 Å². The summed E-state index contributed by atoms with van der Waals surface area (Å²) in [6, 6.07) is 1.99. The van der Waals surface area contributed by atoms with E-state index < -0.39 is 0 Å². The average Bonchev–Trinajstić information content (AvgIpc) is 2.95. The highest BCUT2D eigenvalue weighted by molar-refractivity contribution is 7.08. The fraction of sp³-hybridized carbons (Fsp3) is 0.455. The Labute approximate surface area is 98.5 Å². The summed E-state index contributed by atoms with van der Waals surface area (Å²) in [6.07, 6.45) is 1.79. The van der Waals surface area contributed by atoms with E-state index in [0.717, 1.165) is 18.4 Å². The third-order valence-corrected chi connectivity index (χ3v) is 3.18. The normalized spacial score (nSPS) is 12.9. The minimum absolute atomic E-state index is 0.497. The van der Waals surface area contributed by atoms with Crippen LogP contribution in [-0.2, 0) is 6.42 Å². The van der Waals surface area contributed by atoms with Crippen LogP contribution in [0.4, 0.5) is 0 Å². The van der Waals surface area contributed by atoms with Gasteiger partial charge in [0, 0.05) is 17.4 Å². The van der Waals surface area contributed by atoms with Crippen molar-refractivity contribution in [2.24, 2.45) is 11.7 Å². The van der Waals surface area contributed by atoms with Crippen LogP contribution >= 0.6 is 11.3 Å². The van der Waals surface area contributed by atoms with Crippen molar-refractivity contribution in [2.45, 2.75) is 19.8 Å². The van der Waals surface area contributed by atoms with E-state index >= 15 is 0 Å². The van der Waals surface area contributed by atoms with Gasteiger partial charge in [0.2, 0.25) is 11.7 Å². The molecule has 0 bridgehead atoms. The van der Waals surface area contributed by atoms with E-state index in [4.69, 9.17) is 10.3 Å². The Hall–Kier alpha value is -1.20. The van der Waals surface area contributed by atoms with Gasteiger partial charge in [-0.25, -0.2) is 0 Å². The molecule has 2 aromatic heterocycles. The van der Waals surface area contributed by atoms with Crippen LogP contribution in [0.15, 0.2) is 21.3 Å². The van der Waals surface area contributed by atoms with Crippen LogP contribution < -0.4 is 5.73 Å². The van der Waals surface area contributed by atoms with Crippen molar-refractivity contribution in [2.75, 3.05) is 6.54 Å². The zero-order valence-electron chi connectivity index (χ0n) is 9.22. The van der Waals surface area contributed by atoms with Crippen molar-refractivity contribution in [3.63, 3.8) is 0 Å². The van der Waals surface area contributed by atoms with Crippen LogP contribution in [0.25, 0.3) is 11.4 Å². The number of nitrogens with two attached hydrogens (primary N) is 1. The summed E-state index contributed by atoms with van der Waals surface area (Å²) >= 11 is 1.63. The standard InChI is InChI=1S/C11H15N3OS/c1-8(6-12)2-3-10-13-11(14-15-10)9-4-5-16-7-9/h4-5,7-8H,2-3,6,12H2,1H3. The third-order valence-electron chi connectivity index (χ3n) is 2.50. The van der Waals surface area contributed by atoms with Crippen molar-refractivity contribution >= 4 is 11.3 Å². The molecule has 0 fully saturated rings. The second-order valence-electron chi connectivity index (χ2n) is 3.90. The zero-order chi connectivity index (χ0) is 11.4. The SMILES string of the molecule is CC(CN)CCc1nc(-c2ccsc2)no1. The van der Waals surface area contributed by atoms with Gasteiger partial charge < -0.3 is 10.3 Å². The van der Waals surface area contributed by atoms with Gasteiger partial charge in [-0.15, -0.1) is 0 Å². The summed E-state index contributed by atoms with van der Waals surface area (Å²) in [5.74, 6) is 1.87. The fourth-order valence-electron chi connectivity index (χ4n) is 1.35. The van der Waals surface area contributed by atoms with E-state index in [2.05, 4.69) is 17.1 Å². The summed E-state index contributed by atoms with van der Waals surface area (Å²) in [5, 5.41) is 7.96. The van der Waals surface area contributed by atoms with Crippen molar-refractivity contribution < 1.29 is 4.52 Å². The van der Waals surface area contributed by atoms with Crippen LogP contribution in [-0.4, -0.2) is 16.7 Å². The maximum Gasteiger partial charge on any atom is 0.226 e. The molecule has 2 N–H and O–H groups in total. The first kappa shape index (κ1) is 11.3. The van der Waals surface area contributed by atoms with Gasteiger partial charge >= 0.3 is 0 Å². The highest BCUT2D eigenvalue weighted by Gasteiger charge is 2.09. The van der Waals surface area contributed by atoms with Crippen LogP contribution in [0.3, 0.4) is 0 Å². The van der Waals surface area contributed by atoms with E-state index in [1.54, 1.807) is 11.3 Å². The maximum atomic E-state index is 5.55. The molecule has 2 rings (SSSR count). The Bertz CT molecular complexity index is 424. The van der Waals surface area contributed by atoms with Gasteiger partial charge in [0.25, 0.3) is 0 Å². The molecule has 0 saturated heterocycles. The van der Waals surface area contributed by atoms with Gasteiger partial charge in [0.15, 0.2) is 0 Å². The number of aryl methyl sites for hydroxylation is 1. The molecule has 1 atom stereocenters. The molecule has 86 valence electrons. The number of aromatic nitrogens is 2. The van der Waals surface area contributed by atoms with E-state index in [0.29, 0.717) is 24.2 Å². The number of hydrogen-bond acceptors (Lipinski definition) is 5. The van der Waals surface area contributed by atoms with E-state index in [1.165, 1.54) is 0 Å². The molecular formula is C11H15N3OS. The summed E-state index contributed by atoms with van der Waals surface area (Å²) < 4.78 is 5.19. The average molecular weight is 237 g/mol. The lowest BCUT2D eigenvalue weighted by Gasteiger charge is -2.03. The zero-order valence-corrected chi connectivity index (χ0v) is 10.0. The van der Waals surface area contributed by atoms with Crippen LogP contribution in [0, 0.1) is 5.92 Å². The summed E-state index contributed by atoms with van der Waals surface area (Å²) in [6.45, 7) is 2.82. The first-order valence-corrected chi connectivity index (χ1v) is 6.29. The Balaban J connectivity index is 1.98. The van der Waals surface area contributed by atoms with Crippen LogP contribution in [0.5, 0.6) is 0 Å². The van der Waals surface area contributed by atoms with Gasteiger partial charge in [0.1, 0.15) is 0 Å². The molecule has 0 aliphatic carbocycles. The molecule has 0 aliphatic rings. The lowest BCUT2D eigenvalue weighted by atomic mass is 10.1. The first-order chi connectivity index (χ1) is 7.79. The van der Waals surface area contributed by atoms with Gasteiger partial charge in [-0.05, 0) is 30.3 Å². The predicted molar refractivity (Wildman–Crippen MR) is 64.2 cm³/mol. The monoisotopic (exact) mass is 237 g/mol. The number of nitrogens with zero attached hydrogens (tertiary/aromatic N) is 2. The van der Waals surface area contributed by atoms with Gasteiger partial charge in [0.05, 0.1) is 0 Å². The molecule has 1 unspecified atom stereocenters. The van der Waals surface area contributed by atoms with Crippen molar-refractivity contribution in [3.05, 3.63) is 22.7 Å². The van der Waals surface area contributed by atoms with Crippen molar-refractivity contribution in [1.29, 1.82) is 0 Å². The minimum Gasteiger partial charge on any atom is -0.339 e. The molecule has 0 radical (unpaired) electrons. The minimum atomic E-state index is 0.497. The lowest BCUT2D eigenvalue weighted by Crippen LogP contribution is -2.11. The Morgan fingerprint density at radius 2 is 2.44 bits per heavy atom. The number of rotatable bonds is 5. The van der Waals surface area contributed by atoms with Gasteiger partial charge in [-0.1, -0.05) is 12.1 Å². The summed E-state index contributed by atoms with van der Waals surface area (Å²) in [4.78, 5) is 4.35. The predicted octanol–water partition coefficient (Wildman–Crippen LogP) is 2.33. The Kier molecular flexibility index (Phi) is 3.69. The fourth-order valence-corrected chi connectivity index (χ4v) is 1.99. The number of hydrogen-bond donors (Lipinski definition) is 1. The summed E-state index contributed by atoms with van der Waals surface area (Å²) in [5.41, 5.74) is 6.57. The molecule has 5 heteroatoms. The van der Waals surface area contributed by atoms with E-state index in [9.17, 15) is 0 Å². The van der Waals surface area contributed by atoms with Gasteiger partial charge in [-0.2, -0.15) is 16.3 Å². The molecule has 0 aliphatic heterocycles. The molecule has 2 heterocycles. The number of thiophene rings is 1. The van der Waals surface area contributed by atoms with Crippen molar-refractivity contribution in [3.8, 4) is 11.4 Å². The highest BCUT2D eigenvalue weighted by atomic mass is 32.1. The molecule has 0 amide bonds. The molecular weight excluding hydrogens is 222 g/mol. The summed E-state index contributed by atoms with van der Waals surface area (Å²) in [7, 11) is 0. The molecule has 2 aromatic rings. The van der Waals surface area contributed by atoms with Gasteiger partial charge in [-0.3, -0.25) is 0 Å². The smallest absolute Gasteiger partial charge is 0.226 e. The second kappa shape index (κ2) is 5.23. The molecule has 4 nitrogen and oxygen atoms in total. The lowest BCUT2D eigenvalue weighted by molar-refractivity contribution is 0.366. The molecule has 0 saturated carbocycles. The first-order valence-electron chi connectivity index (χ1n) is 5.35. The molecule has 0 aromatic carbocycles. The second-order valence-corrected chi connectivity index (χ2v) is 4.68. The van der Waals surface area contributed by atoms with Crippen molar-refractivity contribution in [1.82, 2.24) is 10.1 Å². The quantitative estimate of drug-likeness (QED) is 0.866. The molecule has 0 spiro atoms. The Morgan fingerprint density at radius 3 is 3.12 bits per heavy atom.